The number of rotatable bonds is 7. The average Bonchev–Trinajstić information content (AvgIpc) is 2.91. The van der Waals surface area contributed by atoms with Gasteiger partial charge in [-0.05, 0) is 18.2 Å². The number of β-amino-alcohol motifs (C(OH)–C–C–N with tert-alkyl or cyclic N) is 1. The summed E-state index contributed by atoms with van der Waals surface area (Å²) in [5.41, 5.74) is 0.547. The molecule has 2 rings (SSSR count). The molecule has 0 spiro atoms. The van der Waals surface area contributed by atoms with Crippen molar-refractivity contribution in [1.29, 1.82) is 0 Å². The normalized spacial score (nSPS) is 21.2. The van der Waals surface area contributed by atoms with E-state index in [9.17, 15) is 9.90 Å². The zero-order valence-corrected chi connectivity index (χ0v) is 12.2. The molecule has 1 aliphatic heterocycles. The molecule has 116 valence electrons. The average molecular weight is 294 g/mol. The summed E-state index contributed by atoms with van der Waals surface area (Å²) in [6, 6.07) is 7.02. The van der Waals surface area contributed by atoms with Crippen molar-refractivity contribution < 1.29 is 19.4 Å². The highest BCUT2D eigenvalue weighted by Crippen LogP contribution is 2.14. The lowest BCUT2D eigenvalue weighted by Crippen LogP contribution is -2.34. The number of aliphatic hydroxyl groups excluding tert-OH is 1. The third-order valence-corrected chi connectivity index (χ3v) is 3.48. The second-order valence-electron chi connectivity index (χ2n) is 5.06. The Labute approximate surface area is 124 Å². The molecular weight excluding hydrogens is 272 g/mol. The number of carbonyl (C=O) groups excluding carboxylic acids is 1. The van der Waals surface area contributed by atoms with E-state index in [4.69, 9.17) is 9.47 Å². The zero-order valence-electron chi connectivity index (χ0n) is 12.2. The molecule has 6 nitrogen and oxygen atoms in total. The third-order valence-electron chi connectivity index (χ3n) is 3.48. The van der Waals surface area contributed by atoms with E-state index in [2.05, 4.69) is 10.6 Å². The minimum absolute atomic E-state index is 0.0649. The van der Waals surface area contributed by atoms with Crippen LogP contribution in [0.3, 0.4) is 0 Å². The Morgan fingerprint density at radius 3 is 3.00 bits per heavy atom. The first-order chi connectivity index (χ1) is 10.2. The van der Waals surface area contributed by atoms with Crippen LogP contribution in [-0.2, 0) is 4.74 Å². The van der Waals surface area contributed by atoms with Crippen LogP contribution in [0.25, 0.3) is 0 Å². The van der Waals surface area contributed by atoms with E-state index >= 15 is 0 Å². The number of nitrogens with one attached hydrogen (secondary N) is 2. The fourth-order valence-electron chi connectivity index (χ4n) is 2.22. The van der Waals surface area contributed by atoms with Gasteiger partial charge in [0.15, 0.2) is 0 Å². The van der Waals surface area contributed by atoms with Gasteiger partial charge in [0, 0.05) is 38.2 Å². The Bertz CT molecular complexity index is 467. The van der Waals surface area contributed by atoms with E-state index in [1.54, 1.807) is 31.4 Å². The Balaban J connectivity index is 1.85. The van der Waals surface area contributed by atoms with Crippen LogP contribution in [0, 0.1) is 5.92 Å². The number of methoxy groups -OCH3 is 1. The molecule has 1 aliphatic rings. The molecule has 1 fully saturated rings. The summed E-state index contributed by atoms with van der Waals surface area (Å²) in [7, 11) is 1.61. The van der Waals surface area contributed by atoms with Crippen molar-refractivity contribution >= 4 is 5.91 Å². The van der Waals surface area contributed by atoms with Gasteiger partial charge in [0.1, 0.15) is 12.4 Å². The van der Waals surface area contributed by atoms with Crippen LogP contribution in [0.15, 0.2) is 24.3 Å². The molecule has 1 heterocycles. The van der Waals surface area contributed by atoms with Gasteiger partial charge in [-0.1, -0.05) is 6.07 Å². The molecule has 1 amide bonds. The Hall–Kier alpha value is -1.63. The lowest BCUT2D eigenvalue weighted by atomic mass is 10.1. The fraction of sp³-hybridized carbons (Fsp3) is 0.533. The second-order valence-corrected chi connectivity index (χ2v) is 5.06. The maximum Gasteiger partial charge on any atom is 0.251 e. The van der Waals surface area contributed by atoms with Gasteiger partial charge in [0.2, 0.25) is 0 Å². The first-order valence-corrected chi connectivity index (χ1v) is 7.09. The Morgan fingerprint density at radius 1 is 1.43 bits per heavy atom. The van der Waals surface area contributed by atoms with Crippen molar-refractivity contribution in [2.75, 3.05) is 40.0 Å². The standard InChI is InChI=1S/C15H22N2O4/c1-20-5-6-21-13-4-2-3-11(7-13)15(19)17-9-12-8-16-10-14(12)18/h2-4,7,12,14,16,18H,5-6,8-10H2,1H3,(H,17,19). The Kier molecular flexibility index (Phi) is 5.98. The molecule has 1 aromatic rings. The second kappa shape index (κ2) is 7.97. The van der Waals surface area contributed by atoms with Gasteiger partial charge in [-0.2, -0.15) is 0 Å². The quantitative estimate of drug-likeness (QED) is 0.618. The molecule has 0 aromatic heterocycles. The molecule has 0 aliphatic carbocycles. The maximum atomic E-state index is 12.1. The predicted octanol–water partition coefficient (Wildman–Crippen LogP) is 0.0219. The van der Waals surface area contributed by atoms with Crippen LogP contribution in [0.5, 0.6) is 5.75 Å². The largest absolute Gasteiger partial charge is 0.491 e. The highest BCUT2D eigenvalue weighted by Gasteiger charge is 2.25. The van der Waals surface area contributed by atoms with E-state index in [1.165, 1.54) is 0 Å². The summed E-state index contributed by atoms with van der Waals surface area (Å²) < 4.78 is 10.4. The first kappa shape index (κ1) is 15.8. The summed E-state index contributed by atoms with van der Waals surface area (Å²) in [4.78, 5) is 12.1. The number of hydrogen-bond acceptors (Lipinski definition) is 5. The fourth-order valence-corrected chi connectivity index (χ4v) is 2.22. The van der Waals surface area contributed by atoms with Crippen molar-refractivity contribution in [2.24, 2.45) is 5.92 Å². The minimum Gasteiger partial charge on any atom is -0.491 e. The van der Waals surface area contributed by atoms with Gasteiger partial charge in [0.05, 0.1) is 12.7 Å². The van der Waals surface area contributed by atoms with E-state index in [-0.39, 0.29) is 11.8 Å². The highest BCUT2D eigenvalue weighted by atomic mass is 16.5. The molecule has 21 heavy (non-hydrogen) atoms. The van der Waals surface area contributed by atoms with Gasteiger partial charge >= 0.3 is 0 Å². The van der Waals surface area contributed by atoms with Crippen molar-refractivity contribution in [1.82, 2.24) is 10.6 Å². The summed E-state index contributed by atoms with van der Waals surface area (Å²) in [6.07, 6.45) is -0.394. The number of ether oxygens (including phenoxy) is 2. The van der Waals surface area contributed by atoms with Gasteiger partial charge in [-0.25, -0.2) is 0 Å². The molecule has 1 aromatic carbocycles. The topological polar surface area (TPSA) is 79.8 Å². The highest BCUT2D eigenvalue weighted by molar-refractivity contribution is 5.94. The van der Waals surface area contributed by atoms with Crippen LogP contribution in [0.4, 0.5) is 0 Å². The van der Waals surface area contributed by atoms with Crippen LogP contribution in [-0.4, -0.2) is 57.1 Å². The van der Waals surface area contributed by atoms with Crippen molar-refractivity contribution in [3.63, 3.8) is 0 Å². The van der Waals surface area contributed by atoms with Gasteiger partial charge in [-0.15, -0.1) is 0 Å². The van der Waals surface area contributed by atoms with Crippen LogP contribution in [0.2, 0.25) is 0 Å². The third kappa shape index (κ3) is 4.70. The van der Waals surface area contributed by atoms with Gasteiger partial charge < -0.3 is 25.2 Å². The molecule has 0 saturated carbocycles. The SMILES string of the molecule is COCCOc1cccc(C(=O)NCC2CNCC2O)c1. The lowest BCUT2D eigenvalue weighted by molar-refractivity contribution is 0.0926. The minimum atomic E-state index is -0.394. The number of carbonyl (C=O) groups is 1. The molecule has 3 N–H and O–H groups in total. The van der Waals surface area contributed by atoms with E-state index < -0.39 is 6.10 Å². The van der Waals surface area contributed by atoms with Crippen molar-refractivity contribution in [3.8, 4) is 5.75 Å². The molecule has 0 bridgehead atoms. The molecule has 1 saturated heterocycles. The Morgan fingerprint density at radius 2 is 2.29 bits per heavy atom. The molecule has 0 radical (unpaired) electrons. The molecule has 6 heteroatoms. The molecule has 2 atom stereocenters. The molecular formula is C15H22N2O4. The van der Waals surface area contributed by atoms with Crippen LogP contribution >= 0.6 is 0 Å². The number of benzene rings is 1. The first-order valence-electron chi connectivity index (χ1n) is 7.09. The van der Waals surface area contributed by atoms with E-state index in [1.807, 2.05) is 0 Å². The maximum absolute atomic E-state index is 12.1. The number of aliphatic hydroxyl groups is 1. The van der Waals surface area contributed by atoms with Crippen molar-refractivity contribution in [2.45, 2.75) is 6.10 Å². The van der Waals surface area contributed by atoms with E-state index in [0.717, 1.165) is 6.54 Å². The lowest BCUT2D eigenvalue weighted by Gasteiger charge is -2.14. The summed E-state index contributed by atoms with van der Waals surface area (Å²) in [5.74, 6) is 0.545. The summed E-state index contributed by atoms with van der Waals surface area (Å²) in [6.45, 7) is 2.72. The van der Waals surface area contributed by atoms with Crippen LogP contribution in [0.1, 0.15) is 10.4 Å². The van der Waals surface area contributed by atoms with Gasteiger partial charge in [0.25, 0.3) is 5.91 Å². The summed E-state index contributed by atoms with van der Waals surface area (Å²) >= 11 is 0. The van der Waals surface area contributed by atoms with Gasteiger partial charge in [-0.3, -0.25) is 4.79 Å². The predicted molar refractivity (Wildman–Crippen MR) is 78.5 cm³/mol. The van der Waals surface area contributed by atoms with Crippen molar-refractivity contribution in [3.05, 3.63) is 29.8 Å². The zero-order chi connectivity index (χ0) is 15.1. The summed E-state index contributed by atoms with van der Waals surface area (Å²) in [5, 5.41) is 15.6. The van der Waals surface area contributed by atoms with Crippen LogP contribution < -0.4 is 15.4 Å². The number of amides is 1. The smallest absolute Gasteiger partial charge is 0.251 e. The van der Waals surface area contributed by atoms with E-state index in [0.29, 0.717) is 37.6 Å². The monoisotopic (exact) mass is 294 g/mol. The number of hydrogen-bond donors (Lipinski definition) is 3. The molecule has 2 unspecified atom stereocenters.